The van der Waals surface area contributed by atoms with E-state index in [9.17, 15) is 14.7 Å². The molecule has 0 spiro atoms. The fraction of sp³-hybridized carbons (Fsp3) is 0.308. The molecule has 1 atom stereocenters. The smallest absolute Gasteiger partial charge is 0.340 e. The number of methoxy groups -OCH3 is 4. The Labute approximate surface area is 206 Å². The summed E-state index contributed by atoms with van der Waals surface area (Å²) in [5.74, 6) is 0.435. The minimum atomic E-state index is -0.515. The standard InChI is InChI=1S/C26H27N3O7/c1-6-12-11-29(16-9-17(30)22-20(19(12)16)14(10-27-22)26(32)36-5)25(31)15-7-13-8-18(33-2)23(34-3)24(35-4)21(13)28-15/h7-10,12,27-28,30H,6,11H2,1-5H3/t12-/m1/s1. The minimum Gasteiger partial charge on any atom is -0.506 e. The number of benzene rings is 2. The van der Waals surface area contributed by atoms with E-state index in [1.54, 1.807) is 23.1 Å². The van der Waals surface area contributed by atoms with Crippen LogP contribution in [0.4, 0.5) is 5.69 Å². The van der Waals surface area contributed by atoms with Crippen LogP contribution in [0.1, 0.15) is 45.7 Å². The summed E-state index contributed by atoms with van der Waals surface area (Å²) in [7, 11) is 5.88. The van der Waals surface area contributed by atoms with Crippen LogP contribution in [0.25, 0.3) is 21.8 Å². The van der Waals surface area contributed by atoms with Crippen LogP contribution in [0.2, 0.25) is 0 Å². The van der Waals surface area contributed by atoms with Gasteiger partial charge in [-0.15, -0.1) is 0 Å². The summed E-state index contributed by atoms with van der Waals surface area (Å²) in [6.45, 7) is 2.42. The summed E-state index contributed by atoms with van der Waals surface area (Å²) < 4.78 is 21.4. The number of phenolic OH excluding ortho intramolecular Hbond substituents is 1. The molecule has 0 aliphatic carbocycles. The fourth-order valence-corrected chi connectivity index (χ4v) is 5.16. The van der Waals surface area contributed by atoms with E-state index in [1.165, 1.54) is 34.6 Å². The molecule has 0 unspecified atom stereocenters. The average molecular weight is 494 g/mol. The molecule has 4 aromatic rings. The highest BCUT2D eigenvalue weighted by Crippen LogP contribution is 2.48. The zero-order valence-corrected chi connectivity index (χ0v) is 20.6. The average Bonchev–Trinajstić information content (AvgIpc) is 3.61. The maximum Gasteiger partial charge on any atom is 0.340 e. The van der Waals surface area contributed by atoms with Crippen molar-refractivity contribution in [2.24, 2.45) is 0 Å². The summed E-state index contributed by atoms with van der Waals surface area (Å²) >= 11 is 0. The summed E-state index contributed by atoms with van der Waals surface area (Å²) in [5.41, 5.74) is 3.09. The van der Waals surface area contributed by atoms with Crippen LogP contribution >= 0.6 is 0 Å². The number of aromatic nitrogens is 2. The molecule has 2 aromatic heterocycles. The lowest BCUT2D eigenvalue weighted by molar-refractivity contribution is 0.0603. The van der Waals surface area contributed by atoms with Gasteiger partial charge in [0.25, 0.3) is 5.91 Å². The van der Waals surface area contributed by atoms with Gasteiger partial charge in [-0.1, -0.05) is 6.92 Å². The second kappa shape index (κ2) is 8.71. The van der Waals surface area contributed by atoms with Gasteiger partial charge in [-0.25, -0.2) is 4.79 Å². The molecule has 2 aromatic carbocycles. The second-order valence-electron chi connectivity index (χ2n) is 8.59. The maximum atomic E-state index is 13.8. The second-order valence-corrected chi connectivity index (χ2v) is 8.59. The fourth-order valence-electron chi connectivity index (χ4n) is 5.16. The van der Waals surface area contributed by atoms with Gasteiger partial charge in [0.1, 0.15) is 11.4 Å². The molecule has 0 saturated carbocycles. The lowest BCUT2D eigenvalue weighted by Crippen LogP contribution is -2.30. The third-order valence-corrected chi connectivity index (χ3v) is 6.85. The van der Waals surface area contributed by atoms with Crippen molar-refractivity contribution >= 4 is 39.4 Å². The van der Waals surface area contributed by atoms with Crippen molar-refractivity contribution in [3.8, 4) is 23.0 Å². The van der Waals surface area contributed by atoms with Crippen LogP contribution in [0.15, 0.2) is 24.4 Å². The molecule has 3 heterocycles. The number of esters is 1. The molecule has 1 aliphatic rings. The van der Waals surface area contributed by atoms with Crippen LogP contribution in [-0.4, -0.2) is 61.9 Å². The highest BCUT2D eigenvalue weighted by Gasteiger charge is 2.37. The Morgan fingerprint density at radius 2 is 1.81 bits per heavy atom. The number of nitrogens with zero attached hydrogens (tertiary/aromatic N) is 1. The highest BCUT2D eigenvalue weighted by molar-refractivity contribution is 6.14. The number of carbonyl (C=O) groups is 2. The molecule has 0 fully saturated rings. The molecule has 1 amide bonds. The van der Waals surface area contributed by atoms with Crippen molar-refractivity contribution in [2.75, 3.05) is 39.9 Å². The Kier molecular flexibility index (Phi) is 5.66. The van der Waals surface area contributed by atoms with Gasteiger partial charge in [0, 0.05) is 35.5 Å². The van der Waals surface area contributed by atoms with E-state index in [2.05, 4.69) is 9.97 Å². The SMILES string of the molecule is CC[C@@H]1CN(C(=O)c2cc3cc(OC)c(OC)c(OC)c3[nH]2)c2cc(O)c3[nH]cc(C(=O)OC)c3c21. The van der Waals surface area contributed by atoms with Gasteiger partial charge >= 0.3 is 5.97 Å². The van der Waals surface area contributed by atoms with Crippen molar-refractivity contribution in [3.05, 3.63) is 41.2 Å². The first-order chi connectivity index (χ1) is 17.4. The number of aromatic amines is 2. The molecule has 5 rings (SSSR count). The molecule has 3 N–H and O–H groups in total. The van der Waals surface area contributed by atoms with Crippen LogP contribution in [0.5, 0.6) is 23.0 Å². The van der Waals surface area contributed by atoms with Gasteiger partial charge in [0.05, 0.1) is 50.7 Å². The number of carbonyl (C=O) groups excluding carboxylic acids is 2. The Morgan fingerprint density at radius 3 is 2.44 bits per heavy atom. The van der Waals surface area contributed by atoms with Gasteiger partial charge in [-0.05, 0) is 24.1 Å². The summed E-state index contributed by atoms with van der Waals surface area (Å²) in [4.78, 5) is 34.1. The first-order valence-corrected chi connectivity index (χ1v) is 11.5. The van der Waals surface area contributed by atoms with Crippen LogP contribution in [0.3, 0.4) is 0 Å². The number of hydrogen-bond donors (Lipinski definition) is 3. The monoisotopic (exact) mass is 493 g/mol. The quantitative estimate of drug-likeness (QED) is 0.342. The van der Waals surface area contributed by atoms with Gasteiger partial charge in [0.2, 0.25) is 5.75 Å². The van der Waals surface area contributed by atoms with Crippen molar-refractivity contribution in [1.82, 2.24) is 9.97 Å². The number of rotatable bonds is 6. The third-order valence-electron chi connectivity index (χ3n) is 6.85. The molecule has 1 aliphatic heterocycles. The predicted molar refractivity (Wildman–Crippen MR) is 134 cm³/mol. The Bertz CT molecular complexity index is 1520. The molecule has 10 heteroatoms. The van der Waals surface area contributed by atoms with Gasteiger partial charge < -0.3 is 38.9 Å². The Morgan fingerprint density at radius 1 is 1.06 bits per heavy atom. The van der Waals surface area contributed by atoms with Crippen LogP contribution < -0.4 is 19.1 Å². The van der Waals surface area contributed by atoms with Crippen LogP contribution in [0, 0.1) is 0 Å². The zero-order valence-electron chi connectivity index (χ0n) is 20.6. The number of amides is 1. The number of hydrogen-bond acceptors (Lipinski definition) is 7. The van der Waals surface area contributed by atoms with Crippen molar-refractivity contribution in [2.45, 2.75) is 19.3 Å². The van der Waals surface area contributed by atoms with Crippen LogP contribution in [-0.2, 0) is 4.74 Å². The lowest BCUT2D eigenvalue weighted by Gasteiger charge is -2.17. The topological polar surface area (TPSA) is 126 Å². The van der Waals surface area contributed by atoms with E-state index in [4.69, 9.17) is 18.9 Å². The van der Waals surface area contributed by atoms with Gasteiger partial charge in [-0.3, -0.25) is 4.79 Å². The van der Waals surface area contributed by atoms with E-state index in [0.29, 0.717) is 57.2 Å². The molecular weight excluding hydrogens is 466 g/mol. The first-order valence-electron chi connectivity index (χ1n) is 11.5. The zero-order chi connectivity index (χ0) is 25.7. The molecular formula is C26H27N3O7. The van der Waals surface area contributed by atoms with Gasteiger partial charge in [0.15, 0.2) is 11.5 Å². The Balaban J connectivity index is 1.66. The lowest BCUT2D eigenvalue weighted by atomic mass is 9.93. The molecule has 0 radical (unpaired) electrons. The number of ether oxygens (including phenoxy) is 4. The first kappa shape index (κ1) is 23.4. The van der Waals surface area contributed by atoms with Gasteiger partial charge in [-0.2, -0.15) is 0 Å². The molecule has 188 valence electrons. The van der Waals surface area contributed by atoms with E-state index in [-0.39, 0.29) is 17.6 Å². The molecule has 10 nitrogen and oxygen atoms in total. The number of nitrogens with one attached hydrogen (secondary N) is 2. The van der Waals surface area contributed by atoms with Crippen molar-refractivity contribution < 1.29 is 33.6 Å². The molecule has 0 bridgehead atoms. The number of anilines is 1. The molecule has 0 saturated heterocycles. The summed E-state index contributed by atoms with van der Waals surface area (Å²) in [5, 5.41) is 12.1. The number of aromatic hydroxyl groups is 1. The predicted octanol–water partition coefficient (Wildman–Crippen LogP) is 4.32. The highest BCUT2D eigenvalue weighted by atomic mass is 16.5. The molecule has 36 heavy (non-hydrogen) atoms. The largest absolute Gasteiger partial charge is 0.506 e. The van der Waals surface area contributed by atoms with Crippen molar-refractivity contribution in [3.63, 3.8) is 0 Å². The van der Waals surface area contributed by atoms with E-state index in [1.807, 2.05) is 6.92 Å². The number of H-pyrrole nitrogens is 2. The minimum absolute atomic E-state index is 0.0367. The van der Waals surface area contributed by atoms with Crippen molar-refractivity contribution in [1.29, 1.82) is 0 Å². The van der Waals surface area contributed by atoms with E-state index >= 15 is 0 Å². The summed E-state index contributed by atoms with van der Waals surface area (Å²) in [6, 6.07) is 5.07. The third kappa shape index (κ3) is 3.24. The number of fused-ring (bicyclic) bond motifs is 4. The normalized spacial score (nSPS) is 14.8. The summed E-state index contributed by atoms with van der Waals surface area (Å²) in [6.07, 6.45) is 2.26. The number of phenols is 1. The Hall–Kier alpha value is -4.34. The van der Waals surface area contributed by atoms with E-state index in [0.717, 1.165) is 17.4 Å². The maximum absolute atomic E-state index is 13.8. The van der Waals surface area contributed by atoms with E-state index < -0.39 is 5.97 Å².